The van der Waals surface area contributed by atoms with Crippen molar-refractivity contribution in [3.8, 4) is 0 Å². The summed E-state index contributed by atoms with van der Waals surface area (Å²) >= 11 is 0. The van der Waals surface area contributed by atoms with E-state index < -0.39 is 11.9 Å². The SMILES string of the molecule is CCn1c(C(C)C(C)C(=O)O)nc2cc(C)ccc21. The minimum atomic E-state index is -0.779. The summed E-state index contributed by atoms with van der Waals surface area (Å²) in [6.45, 7) is 8.55. The van der Waals surface area contributed by atoms with E-state index >= 15 is 0 Å². The standard InChI is InChI=1S/C15H20N2O2/c1-5-17-13-7-6-9(2)8-12(13)16-14(17)10(3)11(4)15(18)19/h6-8,10-11H,5H2,1-4H3,(H,18,19). The van der Waals surface area contributed by atoms with Crippen LogP contribution < -0.4 is 0 Å². The molecule has 0 aliphatic rings. The molecule has 0 aliphatic heterocycles. The van der Waals surface area contributed by atoms with Gasteiger partial charge in [-0.2, -0.15) is 0 Å². The minimum absolute atomic E-state index is 0.106. The third-order valence-electron chi connectivity index (χ3n) is 3.80. The van der Waals surface area contributed by atoms with Gasteiger partial charge in [-0.25, -0.2) is 4.98 Å². The lowest BCUT2D eigenvalue weighted by molar-refractivity contribution is -0.141. The number of hydrogen-bond acceptors (Lipinski definition) is 2. The number of aliphatic carboxylic acids is 1. The molecule has 2 atom stereocenters. The molecule has 1 N–H and O–H groups in total. The first-order valence-electron chi connectivity index (χ1n) is 6.65. The van der Waals surface area contributed by atoms with E-state index in [4.69, 9.17) is 5.11 Å². The van der Waals surface area contributed by atoms with Crippen LogP contribution in [0.5, 0.6) is 0 Å². The van der Waals surface area contributed by atoms with Crippen molar-refractivity contribution < 1.29 is 9.90 Å². The van der Waals surface area contributed by atoms with E-state index in [1.807, 2.05) is 19.9 Å². The molecule has 19 heavy (non-hydrogen) atoms. The number of rotatable bonds is 4. The molecular weight excluding hydrogens is 240 g/mol. The van der Waals surface area contributed by atoms with Crippen LogP contribution in [-0.2, 0) is 11.3 Å². The Morgan fingerprint density at radius 1 is 1.42 bits per heavy atom. The van der Waals surface area contributed by atoms with E-state index in [0.29, 0.717) is 0 Å². The Morgan fingerprint density at radius 3 is 2.68 bits per heavy atom. The van der Waals surface area contributed by atoms with Gasteiger partial charge in [0.05, 0.1) is 17.0 Å². The highest BCUT2D eigenvalue weighted by atomic mass is 16.4. The second-order valence-corrected chi connectivity index (χ2v) is 5.12. The smallest absolute Gasteiger partial charge is 0.306 e. The predicted octanol–water partition coefficient (Wildman–Crippen LogP) is 3.19. The lowest BCUT2D eigenvalue weighted by atomic mass is 9.95. The summed E-state index contributed by atoms with van der Waals surface area (Å²) in [6, 6.07) is 6.16. The van der Waals surface area contributed by atoms with Gasteiger partial charge in [-0.1, -0.05) is 19.9 Å². The van der Waals surface area contributed by atoms with E-state index in [9.17, 15) is 4.79 Å². The zero-order valence-electron chi connectivity index (χ0n) is 11.8. The molecule has 0 saturated carbocycles. The summed E-state index contributed by atoms with van der Waals surface area (Å²) in [5, 5.41) is 9.16. The number of benzene rings is 1. The molecule has 2 aromatic rings. The Balaban J connectivity index is 2.56. The number of carboxylic acids is 1. The third kappa shape index (κ3) is 2.35. The second kappa shape index (κ2) is 5.03. The van der Waals surface area contributed by atoms with E-state index in [1.54, 1.807) is 6.92 Å². The van der Waals surface area contributed by atoms with Gasteiger partial charge < -0.3 is 9.67 Å². The number of aryl methyl sites for hydroxylation is 2. The molecule has 0 spiro atoms. The normalized spacial score (nSPS) is 14.5. The molecular formula is C15H20N2O2. The zero-order valence-corrected chi connectivity index (χ0v) is 11.8. The van der Waals surface area contributed by atoms with Crippen LogP contribution in [0.1, 0.15) is 38.1 Å². The van der Waals surface area contributed by atoms with Gasteiger partial charge in [0.2, 0.25) is 0 Å². The van der Waals surface area contributed by atoms with Crippen molar-refractivity contribution in [2.24, 2.45) is 5.92 Å². The lowest BCUT2D eigenvalue weighted by Gasteiger charge is -2.16. The molecule has 0 bridgehead atoms. The Hall–Kier alpha value is -1.84. The zero-order chi connectivity index (χ0) is 14.2. The fraction of sp³-hybridized carbons (Fsp3) is 0.467. The van der Waals surface area contributed by atoms with Gasteiger partial charge in [0.25, 0.3) is 0 Å². The number of hydrogen-bond donors (Lipinski definition) is 1. The maximum atomic E-state index is 11.1. The summed E-state index contributed by atoms with van der Waals surface area (Å²) in [5.41, 5.74) is 3.19. The van der Waals surface area contributed by atoms with Gasteiger partial charge in [0, 0.05) is 12.5 Å². The van der Waals surface area contributed by atoms with Gasteiger partial charge in [-0.3, -0.25) is 4.79 Å². The maximum absolute atomic E-state index is 11.1. The van der Waals surface area contributed by atoms with Crippen molar-refractivity contribution in [1.29, 1.82) is 0 Å². The summed E-state index contributed by atoms with van der Waals surface area (Å²) in [7, 11) is 0. The quantitative estimate of drug-likeness (QED) is 0.918. The van der Waals surface area contributed by atoms with E-state index in [2.05, 4.69) is 28.6 Å². The van der Waals surface area contributed by atoms with Crippen molar-refractivity contribution >= 4 is 17.0 Å². The van der Waals surface area contributed by atoms with Crippen molar-refractivity contribution in [2.45, 2.75) is 40.2 Å². The molecule has 2 unspecified atom stereocenters. The van der Waals surface area contributed by atoms with Crippen LogP contribution in [-0.4, -0.2) is 20.6 Å². The number of nitrogens with zero attached hydrogens (tertiary/aromatic N) is 2. The first-order chi connectivity index (χ1) is 8.95. The van der Waals surface area contributed by atoms with E-state index in [0.717, 1.165) is 23.4 Å². The lowest BCUT2D eigenvalue weighted by Crippen LogP contribution is -2.19. The molecule has 102 valence electrons. The summed E-state index contributed by atoms with van der Waals surface area (Å²) in [6.07, 6.45) is 0. The van der Waals surface area contributed by atoms with Crippen molar-refractivity contribution in [3.05, 3.63) is 29.6 Å². The van der Waals surface area contributed by atoms with Crippen LogP contribution in [0.3, 0.4) is 0 Å². The van der Waals surface area contributed by atoms with Crippen molar-refractivity contribution in [3.63, 3.8) is 0 Å². The molecule has 0 amide bonds. The van der Waals surface area contributed by atoms with Gasteiger partial charge >= 0.3 is 5.97 Å². The van der Waals surface area contributed by atoms with Gasteiger partial charge in [-0.05, 0) is 31.5 Å². The number of imidazole rings is 1. The predicted molar refractivity (Wildman–Crippen MR) is 75.4 cm³/mol. The Bertz CT molecular complexity index is 616. The van der Waals surface area contributed by atoms with Crippen LogP contribution >= 0.6 is 0 Å². The average molecular weight is 260 g/mol. The fourth-order valence-corrected chi connectivity index (χ4v) is 2.38. The summed E-state index contributed by atoms with van der Waals surface area (Å²) < 4.78 is 2.11. The first-order valence-corrected chi connectivity index (χ1v) is 6.65. The van der Waals surface area contributed by atoms with Gasteiger partial charge in [0.15, 0.2) is 0 Å². The van der Waals surface area contributed by atoms with Crippen LogP contribution in [0.25, 0.3) is 11.0 Å². The van der Waals surface area contributed by atoms with Crippen LogP contribution in [0, 0.1) is 12.8 Å². The van der Waals surface area contributed by atoms with Gasteiger partial charge in [-0.15, -0.1) is 0 Å². The monoisotopic (exact) mass is 260 g/mol. The molecule has 4 heteroatoms. The number of carboxylic acid groups (broad SMARTS) is 1. The number of carbonyl (C=O) groups is 1. The molecule has 1 aromatic heterocycles. The van der Waals surface area contributed by atoms with Crippen LogP contribution in [0.4, 0.5) is 0 Å². The molecule has 0 fully saturated rings. The van der Waals surface area contributed by atoms with Gasteiger partial charge in [0.1, 0.15) is 5.82 Å². The molecule has 0 aliphatic carbocycles. The highest BCUT2D eigenvalue weighted by Gasteiger charge is 2.25. The summed E-state index contributed by atoms with van der Waals surface area (Å²) in [4.78, 5) is 15.8. The second-order valence-electron chi connectivity index (χ2n) is 5.12. The molecule has 4 nitrogen and oxygen atoms in total. The minimum Gasteiger partial charge on any atom is -0.481 e. The highest BCUT2D eigenvalue weighted by molar-refractivity contribution is 5.77. The van der Waals surface area contributed by atoms with Crippen molar-refractivity contribution in [2.75, 3.05) is 0 Å². The molecule has 0 radical (unpaired) electrons. The number of aromatic nitrogens is 2. The summed E-state index contributed by atoms with van der Waals surface area (Å²) in [5.74, 6) is -0.468. The van der Waals surface area contributed by atoms with Crippen LogP contribution in [0.15, 0.2) is 18.2 Å². The largest absolute Gasteiger partial charge is 0.481 e. The molecule has 0 saturated heterocycles. The molecule has 1 heterocycles. The Morgan fingerprint density at radius 2 is 2.11 bits per heavy atom. The molecule has 1 aromatic carbocycles. The average Bonchev–Trinajstić information content (AvgIpc) is 2.74. The fourth-order valence-electron chi connectivity index (χ4n) is 2.38. The topological polar surface area (TPSA) is 55.1 Å². The Labute approximate surface area is 113 Å². The number of fused-ring (bicyclic) bond motifs is 1. The highest BCUT2D eigenvalue weighted by Crippen LogP contribution is 2.27. The van der Waals surface area contributed by atoms with E-state index in [1.165, 1.54) is 5.56 Å². The third-order valence-corrected chi connectivity index (χ3v) is 3.80. The molecule has 2 rings (SSSR count). The van der Waals surface area contributed by atoms with Crippen molar-refractivity contribution in [1.82, 2.24) is 9.55 Å². The van der Waals surface area contributed by atoms with Crippen LogP contribution in [0.2, 0.25) is 0 Å². The Kier molecular flexibility index (Phi) is 3.60. The maximum Gasteiger partial charge on any atom is 0.306 e. The first kappa shape index (κ1) is 13.6. The van der Waals surface area contributed by atoms with E-state index in [-0.39, 0.29) is 5.92 Å².